The summed E-state index contributed by atoms with van der Waals surface area (Å²) in [5.41, 5.74) is 3.89. The number of carbonyl (C=O) groups excluding carboxylic acids is 1. The smallest absolute Gasteiger partial charge is 0.275 e. The Morgan fingerprint density at radius 2 is 2.29 bits per heavy atom. The first-order valence-electron chi connectivity index (χ1n) is 6.23. The lowest BCUT2D eigenvalue weighted by Gasteiger charge is -2.04. The van der Waals surface area contributed by atoms with Gasteiger partial charge in [0.2, 0.25) is 0 Å². The minimum absolute atomic E-state index is 0.0948. The molecular formula is C15H12N2O3S. The van der Waals surface area contributed by atoms with Gasteiger partial charge in [0.15, 0.2) is 0 Å². The third-order valence-corrected chi connectivity index (χ3v) is 3.85. The molecule has 0 aliphatic carbocycles. The van der Waals surface area contributed by atoms with Crippen LogP contribution in [0.15, 0.2) is 45.4 Å². The lowest BCUT2D eigenvalue weighted by molar-refractivity contribution is 0.0953. The maximum atomic E-state index is 12.1. The number of carbonyl (C=O) groups is 1. The summed E-state index contributed by atoms with van der Waals surface area (Å²) in [6, 6.07) is 6.95. The van der Waals surface area contributed by atoms with E-state index in [9.17, 15) is 9.90 Å². The van der Waals surface area contributed by atoms with Gasteiger partial charge in [0.25, 0.3) is 5.91 Å². The molecule has 0 radical (unpaired) electrons. The summed E-state index contributed by atoms with van der Waals surface area (Å²) in [5, 5.41) is 16.5. The quantitative estimate of drug-likeness (QED) is 0.576. The van der Waals surface area contributed by atoms with E-state index < -0.39 is 5.91 Å². The third-order valence-electron chi connectivity index (χ3n) is 3.04. The number of benzene rings is 1. The van der Waals surface area contributed by atoms with E-state index in [1.54, 1.807) is 18.5 Å². The molecule has 6 heteroatoms. The van der Waals surface area contributed by atoms with E-state index in [4.69, 9.17) is 4.42 Å². The van der Waals surface area contributed by atoms with Crippen LogP contribution in [0.2, 0.25) is 0 Å². The van der Waals surface area contributed by atoms with Gasteiger partial charge in [0.1, 0.15) is 11.3 Å². The highest BCUT2D eigenvalue weighted by molar-refractivity contribution is 7.11. The van der Waals surface area contributed by atoms with Crippen molar-refractivity contribution in [2.24, 2.45) is 5.10 Å². The van der Waals surface area contributed by atoms with Crippen molar-refractivity contribution in [2.45, 2.75) is 6.92 Å². The highest BCUT2D eigenvalue weighted by Gasteiger charge is 2.16. The summed E-state index contributed by atoms with van der Waals surface area (Å²) in [6.45, 7) is 1.81. The van der Waals surface area contributed by atoms with Crippen LogP contribution in [-0.4, -0.2) is 17.2 Å². The average Bonchev–Trinajstić information content (AvgIpc) is 3.09. The lowest BCUT2D eigenvalue weighted by atomic mass is 10.1. The number of hydrazone groups is 1. The van der Waals surface area contributed by atoms with Crippen LogP contribution in [0.1, 0.15) is 20.8 Å². The van der Waals surface area contributed by atoms with Crippen molar-refractivity contribution in [1.29, 1.82) is 0 Å². The van der Waals surface area contributed by atoms with Crippen LogP contribution in [0.5, 0.6) is 5.75 Å². The second kappa shape index (κ2) is 5.41. The van der Waals surface area contributed by atoms with Gasteiger partial charge >= 0.3 is 0 Å². The highest BCUT2D eigenvalue weighted by atomic mass is 32.1. The van der Waals surface area contributed by atoms with Crippen molar-refractivity contribution < 1.29 is 14.3 Å². The Hall–Kier alpha value is -2.60. The van der Waals surface area contributed by atoms with Crippen LogP contribution in [0.4, 0.5) is 0 Å². The largest absolute Gasteiger partial charge is 0.506 e. The molecule has 0 atom stereocenters. The maximum Gasteiger partial charge on any atom is 0.275 e. The second-order valence-corrected chi connectivity index (χ2v) is 5.45. The van der Waals surface area contributed by atoms with Crippen molar-refractivity contribution in [3.63, 3.8) is 0 Å². The number of furan rings is 1. The summed E-state index contributed by atoms with van der Waals surface area (Å²) < 4.78 is 5.27. The molecule has 0 aliphatic heterocycles. The number of aromatic hydroxyl groups is 1. The van der Waals surface area contributed by atoms with E-state index in [1.807, 2.05) is 24.4 Å². The predicted octanol–water partition coefficient (Wildman–Crippen LogP) is 3.27. The fourth-order valence-corrected chi connectivity index (χ4v) is 2.61. The molecule has 1 amide bonds. The van der Waals surface area contributed by atoms with Gasteiger partial charge in [-0.25, -0.2) is 5.43 Å². The van der Waals surface area contributed by atoms with Gasteiger partial charge in [-0.2, -0.15) is 5.10 Å². The van der Waals surface area contributed by atoms with Crippen molar-refractivity contribution in [3.8, 4) is 5.75 Å². The van der Waals surface area contributed by atoms with Gasteiger partial charge in [-0.1, -0.05) is 6.07 Å². The maximum absolute atomic E-state index is 12.1. The number of hydrogen-bond donors (Lipinski definition) is 2. The van der Waals surface area contributed by atoms with E-state index >= 15 is 0 Å². The van der Waals surface area contributed by atoms with E-state index in [-0.39, 0.29) is 11.3 Å². The zero-order valence-corrected chi connectivity index (χ0v) is 12.0. The molecular weight excluding hydrogens is 288 g/mol. The van der Waals surface area contributed by atoms with Crippen molar-refractivity contribution in [1.82, 2.24) is 5.43 Å². The van der Waals surface area contributed by atoms with Crippen molar-refractivity contribution in [3.05, 3.63) is 51.9 Å². The minimum Gasteiger partial charge on any atom is -0.506 e. The van der Waals surface area contributed by atoms with Crippen LogP contribution in [0.3, 0.4) is 0 Å². The molecule has 2 N–H and O–H groups in total. The molecule has 2 heterocycles. The van der Waals surface area contributed by atoms with Gasteiger partial charge in [-0.3, -0.25) is 4.79 Å². The number of phenols is 1. The van der Waals surface area contributed by atoms with Gasteiger partial charge in [0.05, 0.1) is 23.4 Å². The van der Waals surface area contributed by atoms with E-state index in [1.165, 1.54) is 17.4 Å². The number of rotatable bonds is 3. The number of nitrogens with zero attached hydrogens (tertiary/aromatic N) is 1. The minimum atomic E-state index is -0.470. The van der Waals surface area contributed by atoms with Crippen LogP contribution in [0, 0.1) is 6.92 Å². The van der Waals surface area contributed by atoms with Crippen LogP contribution < -0.4 is 5.43 Å². The fraction of sp³-hybridized carbons (Fsp3) is 0.0667. The first-order chi connectivity index (χ1) is 10.2. The molecule has 0 saturated heterocycles. The van der Waals surface area contributed by atoms with Crippen molar-refractivity contribution in [2.75, 3.05) is 0 Å². The highest BCUT2D eigenvalue weighted by Crippen LogP contribution is 2.32. The van der Waals surface area contributed by atoms with Gasteiger partial charge in [-0.05, 0) is 36.1 Å². The van der Waals surface area contributed by atoms with Crippen molar-refractivity contribution >= 4 is 34.4 Å². The molecule has 5 nitrogen and oxygen atoms in total. The zero-order valence-electron chi connectivity index (χ0n) is 11.2. The molecule has 0 spiro atoms. The number of hydrogen-bond acceptors (Lipinski definition) is 5. The normalized spacial score (nSPS) is 11.3. The molecule has 21 heavy (non-hydrogen) atoms. The zero-order chi connectivity index (χ0) is 14.8. The lowest BCUT2D eigenvalue weighted by Crippen LogP contribution is -2.17. The first kappa shape index (κ1) is 13.4. The van der Waals surface area contributed by atoms with Gasteiger partial charge in [0, 0.05) is 4.88 Å². The molecule has 0 unspecified atom stereocenters. The van der Waals surface area contributed by atoms with E-state index in [0.29, 0.717) is 11.0 Å². The summed E-state index contributed by atoms with van der Waals surface area (Å²) in [6.07, 6.45) is 3.10. The third kappa shape index (κ3) is 2.53. The predicted molar refractivity (Wildman–Crippen MR) is 82.0 cm³/mol. The number of aryl methyl sites for hydroxylation is 1. The SMILES string of the molecule is Cc1coc2ccc(C(=O)N/N=C/c3cccs3)c(O)c12. The molecule has 106 valence electrons. The molecule has 1 aromatic carbocycles. The van der Waals surface area contributed by atoms with Crippen LogP contribution in [0.25, 0.3) is 11.0 Å². The summed E-state index contributed by atoms with van der Waals surface area (Å²) in [7, 11) is 0. The van der Waals surface area contributed by atoms with Crippen LogP contribution in [-0.2, 0) is 0 Å². The average molecular weight is 300 g/mol. The topological polar surface area (TPSA) is 74.8 Å². The number of thiophene rings is 1. The summed E-state index contributed by atoms with van der Waals surface area (Å²) in [5.74, 6) is -0.564. The molecule has 0 fully saturated rings. The molecule has 0 aliphatic rings. The summed E-state index contributed by atoms with van der Waals surface area (Å²) >= 11 is 1.52. The Morgan fingerprint density at radius 3 is 3.05 bits per heavy atom. The number of phenolic OH excluding ortho intramolecular Hbond substituents is 1. The standard InChI is InChI=1S/C15H12N2O3S/c1-9-8-20-12-5-4-11(14(18)13(9)12)15(19)17-16-7-10-3-2-6-21-10/h2-8,18H,1H3,(H,17,19)/b16-7+. The van der Waals surface area contributed by atoms with E-state index in [2.05, 4.69) is 10.5 Å². The number of nitrogens with one attached hydrogen (secondary N) is 1. The fourth-order valence-electron chi connectivity index (χ4n) is 2.03. The van der Waals surface area contributed by atoms with Crippen LogP contribution >= 0.6 is 11.3 Å². The van der Waals surface area contributed by atoms with Gasteiger partial charge < -0.3 is 9.52 Å². The first-order valence-corrected chi connectivity index (χ1v) is 7.11. The molecule has 3 aromatic rings. The Kier molecular flexibility index (Phi) is 3.45. The number of amides is 1. The van der Waals surface area contributed by atoms with E-state index in [0.717, 1.165) is 10.4 Å². The summed E-state index contributed by atoms with van der Waals surface area (Å²) in [4.78, 5) is 13.0. The Labute approximate surface area is 124 Å². The molecule has 3 rings (SSSR count). The molecule has 0 saturated carbocycles. The second-order valence-electron chi connectivity index (χ2n) is 4.47. The molecule has 0 bridgehead atoms. The van der Waals surface area contributed by atoms with Gasteiger partial charge in [-0.15, -0.1) is 11.3 Å². The monoisotopic (exact) mass is 300 g/mol. The molecule has 2 aromatic heterocycles. The Balaban J connectivity index is 1.84. The Morgan fingerprint density at radius 1 is 1.43 bits per heavy atom. The number of fused-ring (bicyclic) bond motifs is 1. The Bertz CT molecular complexity index is 819.